The Morgan fingerprint density at radius 3 is 2.81 bits per heavy atom. The molecule has 0 aliphatic carbocycles. The van der Waals surface area contributed by atoms with E-state index in [1.54, 1.807) is 7.11 Å². The monoisotopic (exact) mass is 366 g/mol. The van der Waals surface area contributed by atoms with Crippen molar-refractivity contribution >= 4 is 5.91 Å². The number of carbonyl (C=O) groups excluding carboxylic acids is 1. The van der Waals surface area contributed by atoms with E-state index < -0.39 is 6.10 Å². The highest BCUT2D eigenvalue weighted by molar-refractivity contribution is 5.81. The van der Waals surface area contributed by atoms with Crippen molar-refractivity contribution in [3.63, 3.8) is 0 Å². The van der Waals surface area contributed by atoms with Crippen LogP contribution in [0.5, 0.6) is 0 Å². The van der Waals surface area contributed by atoms with E-state index in [2.05, 4.69) is 58.7 Å². The fraction of sp³-hybridized carbons (Fsp3) is 0.409. The number of hydrogen-bond donors (Lipinski definition) is 1. The average Bonchev–Trinajstić information content (AvgIpc) is 3.27. The number of nitrogens with one attached hydrogen (secondary N) is 1. The Morgan fingerprint density at radius 2 is 2.00 bits per heavy atom. The van der Waals surface area contributed by atoms with Crippen LogP contribution < -0.4 is 5.32 Å². The Labute approximate surface area is 160 Å². The molecule has 2 atom stereocenters. The molecule has 27 heavy (non-hydrogen) atoms. The number of ether oxygens (including phenoxy) is 2. The molecule has 0 bridgehead atoms. The maximum Gasteiger partial charge on any atom is 0.249 e. The van der Waals surface area contributed by atoms with Gasteiger partial charge in [-0.05, 0) is 16.7 Å². The van der Waals surface area contributed by atoms with Crippen LogP contribution >= 0.6 is 0 Å². The van der Waals surface area contributed by atoms with E-state index in [-0.39, 0.29) is 11.4 Å². The Morgan fingerprint density at radius 1 is 1.22 bits per heavy atom. The summed E-state index contributed by atoms with van der Waals surface area (Å²) in [5.74, 6) is -0.0482. The topological polar surface area (TPSA) is 50.8 Å². The zero-order chi connectivity index (χ0) is 18.7. The first-order valence-electron chi connectivity index (χ1n) is 9.48. The molecule has 2 heterocycles. The van der Waals surface area contributed by atoms with Crippen LogP contribution in [0.3, 0.4) is 0 Å². The number of carbonyl (C=O) groups is 1. The second kappa shape index (κ2) is 7.80. The lowest BCUT2D eigenvalue weighted by atomic mass is 9.86. The summed E-state index contributed by atoms with van der Waals surface area (Å²) in [6, 6.07) is 19.0. The van der Waals surface area contributed by atoms with Gasteiger partial charge in [-0.25, -0.2) is 0 Å². The van der Waals surface area contributed by atoms with Gasteiger partial charge in [-0.15, -0.1) is 0 Å². The van der Waals surface area contributed by atoms with Gasteiger partial charge in [0.2, 0.25) is 5.91 Å². The maximum atomic E-state index is 12.5. The normalized spacial score (nSPS) is 24.3. The molecule has 1 saturated heterocycles. The first kappa shape index (κ1) is 18.2. The van der Waals surface area contributed by atoms with Gasteiger partial charge in [0, 0.05) is 33.2 Å². The predicted octanol–water partition coefficient (Wildman–Crippen LogP) is 2.45. The fourth-order valence-electron chi connectivity index (χ4n) is 4.28. The van der Waals surface area contributed by atoms with Crippen LogP contribution in [-0.4, -0.2) is 43.8 Å². The summed E-state index contributed by atoms with van der Waals surface area (Å²) in [6.07, 6.45) is 0.252. The predicted molar refractivity (Wildman–Crippen MR) is 103 cm³/mol. The van der Waals surface area contributed by atoms with Crippen molar-refractivity contribution in [2.45, 2.75) is 31.2 Å². The van der Waals surface area contributed by atoms with Gasteiger partial charge in [-0.1, -0.05) is 54.6 Å². The zero-order valence-corrected chi connectivity index (χ0v) is 15.7. The van der Waals surface area contributed by atoms with Crippen molar-refractivity contribution in [3.05, 3.63) is 71.3 Å². The SMILES string of the molecule is COCCNC(=O)C1CC2(CO1)c1ccccc1CN2Cc1ccccc1. The molecule has 0 saturated carbocycles. The molecule has 2 unspecified atom stereocenters. The van der Waals surface area contributed by atoms with Gasteiger partial charge in [-0.2, -0.15) is 0 Å². The van der Waals surface area contributed by atoms with Crippen LogP contribution in [0.4, 0.5) is 0 Å². The number of rotatable bonds is 6. The molecule has 1 N–H and O–H groups in total. The van der Waals surface area contributed by atoms with Crippen LogP contribution in [0, 0.1) is 0 Å². The quantitative estimate of drug-likeness (QED) is 0.798. The van der Waals surface area contributed by atoms with Crippen molar-refractivity contribution in [2.75, 3.05) is 26.9 Å². The van der Waals surface area contributed by atoms with Gasteiger partial charge in [-0.3, -0.25) is 9.69 Å². The Kier molecular flexibility index (Phi) is 5.25. The standard InChI is InChI=1S/C22H26N2O3/c1-26-12-11-23-21(25)20-13-22(16-27-20)19-10-6-5-9-18(19)15-24(22)14-17-7-3-2-4-8-17/h2-10,20H,11-16H2,1H3,(H,23,25). The molecule has 2 aromatic carbocycles. The zero-order valence-electron chi connectivity index (χ0n) is 15.7. The van der Waals surface area contributed by atoms with E-state index in [0.717, 1.165) is 13.1 Å². The summed E-state index contributed by atoms with van der Waals surface area (Å²) in [5, 5.41) is 2.91. The van der Waals surface area contributed by atoms with Gasteiger partial charge in [0.1, 0.15) is 6.10 Å². The molecule has 4 rings (SSSR count). The number of benzene rings is 2. The van der Waals surface area contributed by atoms with Gasteiger partial charge < -0.3 is 14.8 Å². The summed E-state index contributed by atoms with van der Waals surface area (Å²) in [6.45, 7) is 3.28. The summed E-state index contributed by atoms with van der Waals surface area (Å²) >= 11 is 0. The van der Waals surface area contributed by atoms with Crippen molar-refractivity contribution in [1.82, 2.24) is 10.2 Å². The van der Waals surface area contributed by atoms with E-state index in [1.165, 1.54) is 16.7 Å². The van der Waals surface area contributed by atoms with E-state index in [1.807, 2.05) is 6.07 Å². The van der Waals surface area contributed by atoms with Crippen LogP contribution in [-0.2, 0) is 32.9 Å². The minimum atomic E-state index is -0.425. The summed E-state index contributed by atoms with van der Waals surface area (Å²) in [5.41, 5.74) is 3.67. The molecule has 2 aliphatic heterocycles. The van der Waals surface area contributed by atoms with E-state index in [9.17, 15) is 4.79 Å². The third-order valence-electron chi connectivity index (χ3n) is 5.65. The molecular formula is C22H26N2O3. The van der Waals surface area contributed by atoms with E-state index in [0.29, 0.717) is 26.2 Å². The lowest BCUT2D eigenvalue weighted by molar-refractivity contribution is -0.130. The lowest BCUT2D eigenvalue weighted by Crippen LogP contribution is -2.42. The fourth-order valence-corrected chi connectivity index (χ4v) is 4.28. The van der Waals surface area contributed by atoms with Gasteiger partial charge in [0.15, 0.2) is 0 Å². The Hall–Kier alpha value is -2.21. The van der Waals surface area contributed by atoms with Crippen LogP contribution in [0.25, 0.3) is 0 Å². The van der Waals surface area contributed by atoms with E-state index >= 15 is 0 Å². The Bertz CT molecular complexity index is 795. The molecule has 1 fully saturated rings. The van der Waals surface area contributed by atoms with Crippen molar-refractivity contribution in [2.24, 2.45) is 0 Å². The minimum Gasteiger partial charge on any atom is -0.383 e. The number of fused-ring (bicyclic) bond motifs is 2. The summed E-state index contributed by atoms with van der Waals surface area (Å²) < 4.78 is 11.0. The van der Waals surface area contributed by atoms with Gasteiger partial charge in [0.05, 0.1) is 18.8 Å². The third-order valence-corrected chi connectivity index (χ3v) is 5.65. The molecule has 5 heteroatoms. The molecule has 1 spiro atoms. The molecular weight excluding hydrogens is 340 g/mol. The number of amides is 1. The van der Waals surface area contributed by atoms with Crippen LogP contribution in [0.1, 0.15) is 23.1 Å². The van der Waals surface area contributed by atoms with Crippen molar-refractivity contribution in [3.8, 4) is 0 Å². The molecule has 5 nitrogen and oxygen atoms in total. The highest BCUT2D eigenvalue weighted by Crippen LogP contribution is 2.47. The highest BCUT2D eigenvalue weighted by atomic mass is 16.5. The lowest BCUT2D eigenvalue weighted by Gasteiger charge is -2.34. The first-order valence-corrected chi connectivity index (χ1v) is 9.48. The average molecular weight is 366 g/mol. The summed E-state index contributed by atoms with van der Waals surface area (Å²) in [4.78, 5) is 15.0. The van der Waals surface area contributed by atoms with E-state index in [4.69, 9.17) is 9.47 Å². The molecule has 142 valence electrons. The minimum absolute atomic E-state index is 0.0482. The first-order chi connectivity index (χ1) is 13.2. The number of nitrogens with zero attached hydrogens (tertiary/aromatic N) is 1. The molecule has 0 radical (unpaired) electrons. The molecule has 2 aliphatic rings. The second-order valence-corrected chi connectivity index (χ2v) is 7.32. The second-order valence-electron chi connectivity index (χ2n) is 7.32. The van der Waals surface area contributed by atoms with Crippen LogP contribution in [0.2, 0.25) is 0 Å². The number of methoxy groups -OCH3 is 1. The molecule has 2 aromatic rings. The summed E-state index contributed by atoms with van der Waals surface area (Å²) in [7, 11) is 1.63. The smallest absolute Gasteiger partial charge is 0.249 e. The maximum absolute atomic E-state index is 12.5. The highest BCUT2D eigenvalue weighted by Gasteiger charge is 2.52. The third kappa shape index (κ3) is 3.50. The van der Waals surface area contributed by atoms with Crippen molar-refractivity contribution in [1.29, 1.82) is 0 Å². The molecule has 0 aromatic heterocycles. The largest absolute Gasteiger partial charge is 0.383 e. The van der Waals surface area contributed by atoms with Gasteiger partial charge >= 0.3 is 0 Å². The number of hydrogen-bond acceptors (Lipinski definition) is 4. The molecule has 1 amide bonds. The van der Waals surface area contributed by atoms with Crippen molar-refractivity contribution < 1.29 is 14.3 Å². The van der Waals surface area contributed by atoms with Gasteiger partial charge in [0.25, 0.3) is 0 Å². The Balaban J connectivity index is 1.56. The van der Waals surface area contributed by atoms with Crippen LogP contribution in [0.15, 0.2) is 54.6 Å².